The number of benzene rings is 1. The van der Waals surface area contributed by atoms with E-state index >= 15 is 0 Å². The molecule has 1 amide bonds. The van der Waals surface area contributed by atoms with Crippen molar-refractivity contribution in [3.05, 3.63) is 24.3 Å². The molecule has 4 heteroatoms. The minimum Gasteiger partial charge on any atom is -0.494 e. The maximum atomic E-state index is 11.5. The fraction of sp³-hybridized carbons (Fsp3) is 0.500. The Morgan fingerprint density at radius 2 is 2.17 bits per heavy atom. The fourth-order valence-corrected chi connectivity index (χ4v) is 1.47. The molecule has 100 valence electrons. The van der Waals surface area contributed by atoms with E-state index in [4.69, 9.17) is 4.74 Å². The molecule has 0 aliphatic heterocycles. The first kappa shape index (κ1) is 14.4. The molecular weight excluding hydrogens is 228 g/mol. The highest BCUT2D eigenvalue weighted by atomic mass is 16.5. The van der Waals surface area contributed by atoms with Crippen LogP contribution in [0.1, 0.15) is 27.2 Å². The Bertz CT molecular complexity index is 378. The summed E-state index contributed by atoms with van der Waals surface area (Å²) in [5.41, 5.74) is 0.891. The molecule has 0 bridgehead atoms. The Labute approximate surface area is 109 Å². The molecule has 0 saturated heterocycles. The van der Waals surface area contributed by atoms with Crippen molar-refractivity contribution < 1.29 is 9.53 Å². The van der Waals surface area contributed by atoms with E-state index in [0.29, 0.717) is 6.61 Å². The highest BCUT2D eigenvalue weighted by Crippen LogP contribution is 2.17. The van der Waals surface area contributed by atoms with Gasteiger partial charge in [-0.05, 0) is 32.4 Å². The normalized spacial score (nSPS) is 10.2. The number of ether oxygens (including phenoxy) is 1. The molecule has 0 unspecified atom stereocenters. The first-order valence-electron chi connectivity index (χ1n) is 6.38. The molecule has 1 rings (SSSR count). The SMILES string of the molecule is CCCOc1cccc(NCC(=O)NC(C)C)c1. The van der Waals surface area contributed by atoms with E-state index in [0.717, 1.165) is 17.9 Å². The summed E-state index contributed by atoms with van der Waals surface area (Å²) in [6.07, 6.45) is 0.981. The van der Waals surface area contributed by atoms with Crippen molar-refractivity contribution in [2.24, 2.45) is 0 Å². The van der Waals surface area contributed by atoms with E-state index in [-0.39, 0.29) is 18.5 Å². The third-order valence-corrected chi connectivity index (χ3v) is 2.21. The van der Waals surface area contributed by atoms with Gasteiger partial charge >= 0.3 is 0 Å². The number of carbonyl (C=O) groups is 1. The molecule has 0 aromatic heterocycles. The number of carbonyl (C=O) groups excluding carboxylic acids is 1. The highest BCUT2D eigenvalue weighted by Gasteiger charge is 2.03. The van der Waals surface area contributed by atoms with E-state index in [1.165, 1.54) is 0 Å². The molecule has 0 aliphatic rings. The Balaban J connectivity index is 2.44. The molecule has 0 aliphatic carbocycles. The molecule has 0 fully saturated rings. The van der Waals surface area contributed by atoms with Gasteiger partial charge in [0, 0.05) is 17.8 Å². The van der Waals surface area contributed by atoms with Gasteiger partial charge in [0.25, 0.3) is 0 Å². The van der Waals surface area contributed by atoms with Gasteiger partial charge in [-0.2, -0.15) is 0 Å². The van der Waals surface area contributed by atoms with Crippen LogP contribution in [0.25, 0.3) is 0 Å². The van der Waals surface area contributed by atoms with Gasteiger partial charge in [0.15, 0.2) is 0 Å². The molecule has 1 aromatic rings. The summed E-state index contributed by atoms with van der Waals surface area (Å²) < 4.78 is 5.53. The Kier molecular flexibility index (Phi) is 6.05. The summed E-state index contributed by atoms with van der Waals surface area (Å²) in [5.74, 6) is 0.816. The van der Waals surface area contributed by atoms with Crippen molar-refractivity contribution in [1.29, 1.82) is 0 Å². The van der Waals surface area contributed by atoms with Gasteiger partial charge in [-0.3, -0.25) is 4.79 Å². The molecule has 0 radical (unpaired) electrons. The molecule has 18 heavy (non-hydrogen) atoms. The number of hydrogen-bond acceptors (Lipinski definition) is 3. The molecule has 4 nitrogen and oxygen atoms in total. The van der Waals surface area contributed by atoms with Crippen LogP contribution in [0.2, 0.25) is 0 Å². The van der Waals surface area contributed by atoms with E-state index in [1.54, 1.807) is 0 Å². The molecule has 0 atom stereocenters. The second-order valence-electron chi connectivity index (χ2n) is 4.45. The topological polar surface area (TPSA) is 50.4 Å². The van der Waals surface area contributed by atoms with Crippen LogP contribution in [0.15, 0.2) is 24.3 Å². The summed E-state index contributed by atoms with van der Waals surface area (Å²) in [6, 6.07) is 7.81. The molecular formula is C14H22N2O2. The molecule has 1 aromatic carbocycles. The Hall–Kier alpha value is -1.71. The average molecular weight is 250 g/mol. The lowest BCUT2D eigenvalue weighted by atomic mass is 10.3. The van der Waals surface area contributed by atoms with E-state index < -0.39 is 0 Å². The largest absolute Gasteiger partial charge is 0.494 e. The first-order chi connectivity index (χ1) is 8.61. The van der Waals surface area contributed by atoms with Crippen LogP contribution in [0.4, 0.5) is 5.69 Å². The van der Waals surface area contributed by atoms with Crippen molar-refractivity contribution in [3.63, 3.8) is 0 Å². The molecule has 0 heterocycles. The van der Waals surface area contributed by atoms with Gasteiger partial charge in [-0.1, -0.05) is 13.0 Å². The highest BCUT2D eigenvalue weighted by molar-refractivity contribution is 5.80. The molecule has 0 spiro atoms. The monoisotopic (exact) mass is 250 g/mol. The summed E-state index contributed by atoms with van der Waals surface area (Å²) in [5, 5.41) is 5.90. The van der Waals surface area contributed by atoms with Gasteiger partial charge in [0.1, 0.15) is 5.75 Å². The number of anilines is 1. The zero-order valence-corrected chi connectivity index (χ0v) is 11.3. The van der Waals surface area contributed by atoms with Crippen LogP contribution >= 0.6 is 0 Å². The quantitative estimate of drug-likeness (QED) is 0.781. The van der Waals surface area contributed by atoms with Crippen molar-refractivity contribution in [1.82, 2.24) is 5.32 Å². The van der Waals surface area contributed by atoms with Gasteiger partial charge in [-0.15, -0.1) is 0 Å². The summed E-state index contributed by atoms with van der Waals surface area (Å²) >= 11 is 0. The van der Waals surface area contributed by atoms with Gasteiger partial charge < -0.3 is 15.4 Å². The van der Waals surface area contributed by atoms with Crippen LogP contribution < -0.4 is 15.4 Å². The second-order valence-corrected chi connectivity index (χ2v) is 4.45. The van der Waals surface area contributed by atoms with Crippen LogP contribution in [-0.4, -0.2) is 25.1 Å². The lowest BCUT2D eigenvalue weighted by Crippen LogP contribution is -2.34. The van der Waals surface area contributed by atoms with Crippen LogP contribution in [0.3, 0.4) is 0 Å². The van der Waals surface area contributed by atoms with Gasteiger partial charge in [-0.25, -0.2) is 0 Å². The van der Waals surface area contributed by atoms with E-state index in [2.05, 4.69) is 17.6 Å². The predicted octanol–water partition coefficient (Wildman–Crippen LogP) is 2.41. The Morgan fingerprint density at radius 1 is 1.39 bits per heavy atom. The van der Waals surface area contributed by atoms with Gasteiger partial charge in [0.05, 0.1) is 13.2 Å². The summed E-state index contributed by atoms with van der Waals surface area (Å²) in [6.45, 7) is 6.93. The minimum absolute atomic E-state index is 0.00937. The zero-order valence-electron chi connectivity index (χ0n) is 11.3. The smallest absolute Gasteiger partial charge is 0.239 e. The van der Waals surface area contributed by atoms with Crippen LogP contribution in [0, 0.1) is 0 Å². The van der Waals surface area contributed by atoms with Crippen molar-refractivity contribution in [2.45, 2.75) is 33.2 Å². The second kappa shape index (κ2) is 7.58. The number of hydrogen-bond donors (Lipinski definition) is 2. The number of nitrogens with one attached hydrogen (secondary N) is 2. The number of amides is 1. The van der Waals surface area contributed by atoms with Crippen LogP contribution in [0.5, 0.6) is 5.75 Å². The van der Waals surface area contributed by atoms with Crippen molar-refractivity contribution >= 4 is 11.6 Å². The number of rotatable bonds is 7. The predicted molar refractivity (Wildman–Crippen MR) is 74.0 cm³/mol. The average Bonchev–Trinajstić information content (AvgIpc) is 2.33. The lowest BCUT2D eigenvalue weighted by Gasteiger charge is -2.11. The maximum Gasteiger partial charge on any atom is 0.239 e. The van der Waals surface area contributed by atoms with Gasteiger partial charge in [0.2, 0.25) is 5.91 Å². The fourth-order valence-electron chi connectivity index (χ4n) is 1.47. The van der Waals surface area contributed by atoms with E-state index in [1.807, 2.05) is 38.1 Å². The molecule has 0 saturated carbocycles. The Morgan fingerprint density at radius 3 is 2.83 bits per heavy atom. The zero-order chi connectivity index (χ0) is 13.4. The third kappa shape index (κ3) is 5.57. The van der Waals surface area contributed by atoms with Crippen molar-refractivity contribution in [3.8, 4) is 5.75 Å². The summed E-state index contributed by atoms with van der Waals surface area (Å²) in [4.78, 5) is 11.5. The minimum atomic E-state index is -0.00937. The standard InChI is InChI=1S/C14H22N2O2/c1-4-8-18-13-7-5-6-12(9-13)15-10-14(17)16-11(2)3/h5-7,9,11,15H,4,8,10H2,1-3H3,(H,16,17). The van der Waals surface area contributed by atoms with Crippen LogP contribution in [-0.2, 0) is 4.79 Å². The summed E-state index contributed by atoms with van der Waals surface area (Å²) in [7, 11) is 0. The maximum absolute atomic E-state index is 11.5. The lowest BCUT2D eigenvalue weighted by molar-refractivity contribution is -0.119. The van der Waals surface area contributed by atoms with Crippen molar-refractivity contribution in [2.75, 3.05) is 18.5 Å². The first-order valence-corrected chi connectivity index (χ1v) is 6.38. The third-order valence-electron chi connectivity index (χ3n) is 2.21. The van der Waals surface area contributed by atoms with E-state index in [9.17, 15) is 4.79 Å². The molecule has 2 N–H and O–H groups in total.